The molecule has 0 radical (unpaired) electrons. The van der Waals surface area contributed by atoms with E-state index in [0.29, 0.717) is 17.7 Å². The van der Waals surface area contributed by atoms with E-state index in [1.807, 2.05) is 19.1 Å². The van der Waals surface area contributed by atoms with Gasteiger partial charge in [0.05, 0.1) is 24.3 Å². The molecule has 6 heteroatoms. The highest BCUT2D eigenvalue weighted by molar-refractivity contribution is 9.10. The molecule has 1 atom stereocenters. The van der Waals surface area contributed by atoms with Gasteiger partial charge in [0.25, 0.3) is 5.91 Å². The zero-order valence-corrected chi connectivity index (χ0v) is 13.6. The fraction of sp³-hybridized carbons (Fsp3) is 0.250. The Morgan fingerprint density at radius 1 is 1.27 bits per heavy atom. The summed E-state index contributed by atoms with van der Waals surface area (Å²) in [5.41, 5.74) is 1.18. The summed E-state index contributed by atoms with van der Waals surface area (Å²) in [5.74, 6) is -0.724. The van der Waals surface area contributed by atoms with E-state index >= 15 is 0 Å². The molecule has 0 aliphatic heterocycles. The van der Waals surface area contributed by atoms with Crippen LogP contribution in [0.15, 0.2) is 45.5 Å². The molecule has 0 spiro atoms. The molecule has 22 heavy (non-hydrogen) atoms. The largest absolute Gasteiger partial charge is 0.481 e. The average molecular weight is 366 g/mol. The Balaban J connectivity index is 2.21. The van der Waals surface area contributed by atoms with Gasteiger partial charge in [-0.25, -0.2) is 0 Å². The van der Waals surface area contributed by atoms with Crippen molar-refractivity contribution in [3.63, 3.8) is 0 Å². The lowest BCUT2D eigenvalue weighted by Gasteiger charge is -2.17. The number of aliphatic carboxylic acids is 1. The van der Waals surface area contributed by atoms with E-state index in [1.54, 1.807) is 18.2 Å². The van der Waals surface area contributed by atoms with E-state index in [9.17, 15) is 9.59 Å². The molecule has 2 aromatic rings. The Kier molecular flexibility index (Phi) is 5.38. The maximum absolute atomic E-state index is 12.3. The number of furan rings is 1. The molecule has 2 N–H and O–H groups in total. The lowest BCUT2D eigenvalue weighted by molar-refractivity contribution is -0.137. The predicted molar refractivity (Wildman–Crippen MR) is 84.7 cm³/mol. The van der Waals surface area contributed by atoms with Crippen LogP contribution in [0.5, 0.6) is 0 Å². The summed E-state index contributed by atoms with van der Waals surface area (Å²) in [7, 11) is 0. The van der Waals surface area contributed by atoms with Crippen molar-refractivity contribution in [3.8, 4) is 0 Å². The van der Waals surface area contributed by atoms with Crippen LogP contribution in [0.25, 0.3) is 0 Å². The number of carboxylic acid groups (broad SMARTS) is 1. The molecular formula is C16H16BrNO4. The second-order valence-corrected chi connectivity index (χ2v) is 5.70. The number of carbonyl (C=O) groups excluding carboxylic acids is 1. The summed E-state index contributed by atoms with van der Waals surface area (Å²) >= 11 is 3.33. The number of hydrogen-bond donors (Lipinski definition) is 2. The number of hydrogen-bond acceptors (Lipinski definition) is 3. The van der Waals surface area contributed by atoms with Crippen LogP contribution in [0.2, 0.25) is 0 Å². The van der Waals surface area contributed by atoms with Crippen molar-refractivity contribution in [2.45, 2.75) is 25.8 Å². The number of nitrogens with one attached hydrogen (secondary N) is 1. The molecular weight excluding hydrogens is 350 g/mol. The second kappa shape index (κ2) is 7.26. The van der Waals surface area contributed by atoms with Crippen molar-refractivity contribution < 1.29 is 19.1 Å². The number of aryl methyl sites for hydroxylation is 1. The molecule has 116 valence electrons. The van der Waals surface area contributed by atoms with Gasteiger partial charge in [-0.05, 0) is 23.8 Å². The molecule has 1 amide bonds. The van der Waals surface area contributed by atoms with Gasteiger partial charge in [-0.3, -0.25) is 9.59 Å². The highest BCUT2D eigenvalue weighted by atomic mass is 79.9. The Labute approximate surface area is 136 Å². The van der Waals surface area contributed by atoms with Crippen LogP contribution >= 0.6 is 15.9 Å². The third kappa shape index (κ3) is 3.98. The van der Waals surface area contributed by atoms with Crippen LogP contribution in [0.4, 0.5) is 0 Å². The van der Waals surface area contributed by atoms with Gasteiger partial charge in [0, 0.05) is 10.9 Å². The van der Waals surface area contributed by atoms with E-state index in [0.717, 1.165) is 10.0 Å². The first-order valence-electron chi connectivity index (χ1n) is 6.85. The van der Waals surface area contributed by atoms with Crippen molar-refractivity contribution in [1.82, 2.24) is 5.32 Å². The van der Waals surface area contributed by atoms with E-state index < -0.39 is 12.0 Å². The van der Waals surface area contributed by atoms with Crippen LogP contribution in [0, 0.1) is 0 Å². The molecule has 1 aromatic heterocycles. The van der Waals surface area contributed by atoms with Crippen molar-refractivity contribution in [3.05, 3.63) is 58.0 Å². The molecule has 0 saturated heterocycles. The number of amides is 1. The minimum absolute atomic E-state index is 0.188. The standard InChI is InChI=1S/C16H16BrNO4/c1-2-14-12(7-8-22-14)16(21)18-13(9-15(19)20)10-3-5-11(17)6-4-10/h3-8,13H,2,9H2,1H3,(H,18,21)(H,19,20). The van der Waals surface area contributed by atoms with Crippen molar-refractivity contribution in [2.75, 3.05) is 0 Å². The number of rotatable bonds is 6. The molecule has 2 rings (SSSR count). The van der Waals surface area contributed by atoms with Gasteiger partial charge < -0.3 is 14.8 Å². The van der Waals surface area contributed by atoms with Crippen LogP contribution in [0.1, 0.15) is 41.1 Å². The van der Waals surface area contributed by atoms with E-state index in [2.05, 4.69) is 21.2 Å². The van der Waals surface area contributed by atoms with Crippen molar-refractivity contribution in [2.24, 2.45) is 0 Å². The summed E-state index contributed by atoms with van der Waals surface area (Å²) in [5, 5.41) is 11.8. The monoisotopic (exact) mass is 365 g/mol. The minimum atomic E-state index is -0.976. The molecule has 0 bridgehead atoms. The minimum Gasteiger partial charge on any atom is -0.481 e. The number of benzene rings is 1. The van der Waals surface area contributed by atoms with E-state index in [-0.39, 0.29) is 12.3 Å². The number of carbonyl (C=O) groups is 2. The van der Waals surface area contributed by atoms with Crippen molar-refractivity contribution >= 4 is 27.8 Å². The highest BCUT2D eigenvalue weighted by Gasteiger charge is 2.21. The highest BCUT2D eigenvalue weighted by Crippen LogP contribution is 2.21. The van der Waals surface area contributed by atoms with Crippen LogP contribution in [0.3, 0.4) is 0 Å². The Hall–Kier alpha value is -2.08. The van der Waals surface area contributed by atoms with Crippen LogP contribution < -0.4 is 5.32 Å². The molecule has 0 aliphatic rings. The molecule has 0 fully saturated rings. The van der Waals surface area contributed by atoms with Gasteiger partial charge >= 0.3 is 5.97 Å². The maximum atomic E-state index is 12.3. The number of halogens is 1. The van der Waals surface area contributed by atoms with E-state index in [1.165, 1.54) is 6.26 Å². The van der Waals surface area contributed by atoms with Gasteiger partial charge in [-0.1, -0.05) is 35.0 Å². The number of carboxylic acids is 1. The predicted octanol–water partition coefficient (Wildman–Crippen LogP) is 3.55. The normalized spacial score (nSPS) is 11.9. The van der Waals surface area contributed by atoms with Crippen LogP contribution in [-0.2, 0) is 11.2 Å². The fourth-order valence-corrected chi connectivity index (χ4v) is 2.44. The quantitative estimate of drug-likeness (QED) is 0.820. The first kappa shape index (κ1) is 16.3. The lowest BCUT2D eigenvalue weighted by atomic mass is 10.0. The zero-order chi connectivity index (χ0) is 16.1. The lowest BCUT2D eigenvalue weighted by Crippen LogP contribution is -2.30. The first-order valence-corrected chi connectivity index (χ1v) is 7.65. The molecule has 1 unspecified atom stereocenters. The molecule has 0 aliphatic carbocycles. The summed E-state index contributed by atoms with van der Waals surface area (Å²) in [4.78, 5) is 23.4. The summed E-state index contributed by atoms with van der Waals surface area (Å²) in [6.07, 6.45) is 1.86. The van der Waals surface area contributed by atoms with Gasteiger partial charge in [-0.2, -0.15) is 0 Å². The van der Waals surface area contributed by atoms with Gasteiger partial charge in [-0.15, -0.1) is 0 Å². The SMILES string of the molecule is CCc1occc1C(=O)NC(CC(=O)O)c1ccc(Br)cc1. The summed E-state index contributed by atoms with van der Waals surface area (Å²) in [6.45, 7) is 1.89. The fourth-order valence-electron chi connectivity index (χ4n) is 2.17. The third-order valence-corrected chi connectivity index (χ3v) is 3.80. The van der Waals surface area contributed by atoms with Gasteiger partial charge in [0.15, 0.2) is 0 Å². The zero-order valence-electron chi connectivity index (χ0n) is 12.0. The van der Waals surface area contributed by atoms with Crippen LogP contribution in [-0.4, -0.2) is 17.0 Å². The summed E-state index contributed by atoms with van der Waals surface area (Å²) in [6, 6.07) is 8.19. The second-order valence-electron chi connectivity index (χ2n) is 4.79. The van der Waals surface area contributed by atoms with Gasteiger partial charge in [0.1, 0.15) is 5.76 Å². The molecule has 1 aromatic carbocycles. The molecule has 5 nitrogen and oxygen atoms in total. The Morgan fingerprint density at radius 3 is 2.55 bits per heavy atom. The molecule has 1 heterocycles. The smallest absolute Gasteiger partial charge is 0.305 e. The third-order valence-electron chi connectivity index (χ3n) is 3.27. The van der Waals surface area contributed by atoms with Gasteiger partial charge in [0.2, 0.25) is 0 Å². The Morgan fingerprint density at radius 2 is 1.95 bits per heavy atom. The van der Waals surface area contributed by atoms with E-state index in [4.69, 9.17) is 9.52 Å². The Bertz CT molecular complexity index is 663. The summed E-state index contributed by atoms with van der Waals surface area (Å²) < 4.78 is 6.12. The van der Waals surface area contributed by atoms with Crippen molar-refractivity contribution in [1.29, 1.82) is 0 Å². The first-order chi connectivity index (χ1) is 10.5. The maximum Gasteiger partial charge on any atom is 0.305 e. The molecule has 0 saturated carbocycles. The topological polar surface area (TPSA) is 79.5 Å². The average Bonchev–Trinajstić information content (AvgIpc) is 2.95.